The molecule has 0 unspecified atom stereocenters. The van der Waals surface area contributed by atoms with Crippen LogP contribution in [0.1, 0.15) is 44.6 Å². The fourth-order valence-corrected chi connectivity index (χ4v) is 3.24. The van der Waals surface area contributed by atoms with Crippen molar-refractivity contribution in [3.63, 3.8) is 0 Å². The third-order valence-electron chi connectivity index (χ3n) is 4.55. The molecule has 116 valence electrons. The lowest BCUT2D eigenvalue weighted by Gasteiger charge is -2.32. The van der Waals surface area contributed by atoms with E-state index in [0.717, 1.165) is 51.7 Å². The third kappa shape index (κ3) is 4.57. The van der Waals surface area contributed by atoms with E-state index in [9.17, 15) is 4.79 Å². The van der Waals surface area contributed by atoms with Crippen LogP contribution in [0.25, 0.3) is 0 Å². The number of benzene rings is 1. The van der Waals surface area contributed by atoms with Gasteiger partial charge in [-0.25, -0.2) is 0 Å². The first kappa shape index (κ1) is 16.0. The number of hydrogen-bond acceptors (Lipinski definition) is 2. The van der Waals surface area contributed by atoms with Gasteiger partial charge in [0.2, 0.25) is 5.91 Å². The molecule has 0 aromatic heterocycles. The molecule has 0 aliphatic heterocycles. The molecule has 0 saturated heterocycles. The zero-order chi connectivity index (χ0) is 15.1. The molecule has 1 saturated carbocycles. The van der Waals surface area contributed by atoms with E-state index < -0.39 is 0 Å². The molecule has 3 nitrogen and oxygen atoms in total. The monoisotopic (exact) mass is 288 g/mol. The van der Waals surface area contributed by atoms with Crippen molar-refractivity contribution in [1.82, 2.24) is 4.90 Å². The van der Waals surface area contributed by atoms with Gasteiger partial charge in [0.1, 0.15) is 0 Å². The smallest absolute Gasteiger partial charge is 0.225 e. The van der Waals surface area contributed by atoms with Gasteiger partial charge in [0.05, 0.1) is 0 Å². The van der Waals surface area contributed by atoms with Gasteiger partial charge >= 0.3 is 0 Å². The Balaban J connectivity index is 1.96. The summed E-state index contributed by atoms with van der Waals surface area (Å²) in [5, 5.41) is 0. The van der Waals surface area contributed by atoms with Gasteiger partial charge in [-0.05, 0) is 50.1 Å². The average Bonchev–Trinajstić information content (AvgIpc) is 2.55. The van der Waals surface area contributed by atoms with Crippen molar-refractivity contribution < 1.29 is 4.79 Å². The second kappa shape index (κ2) is 8.18. The predicted octanol–water partition coefficient (Wildman–Crippen LogP) is 3.19. The van der Waals surface area contributed by atoms with E-state index in [1.807, 2.05) is 23.1 Å². The molecule has 0 bridgehead atoms. The van der Waals surface area contributed by atoms with Crippen LogP contribution in [0.15, 0.2) is 30.3 Å². The normalized spacial score (nSPS) is 22.0. The SMILES string of the molecule is CCCN(Cc1ccccc1)C(=O)C1CCC(CN)CC1. The van der Waals surface area contributed by atoms with Gasteiger partial charge in [-0.3, -0.25) is 4.79 Å². The van der Waals surface area contributed by atoms with Gasteiger partial charge in [-0.1, -0.05) is 37.3 Å². The Morgan fingerprint density at radius 2 is 1.86 bits per heavy atom. The summed E-state index contributed by atoms with van der Waals surface area (Å²) in [6.45, 7) is 4.50. The lowest BCUT2D eigenvalue weighted by molar-refractivity contribution is -0.137. The number of carbonyl (C=O) groups is 1. The number of carbonyl (C=O) groups excluding carboxylic acids is 1. The van der Waals surface area contributed by atoms with Crippen molar-refractivity contribution in [2.45, 2.75) is 45.6 Å². The summed E-state index contributed by atoms with van der Waals surface area (Å²) in [7, 11) is 0. The van der Waals surface area contributed by atoms with Gasteiger partial charge in [0, 0.05) is 19.0 Å². The summed E-state index contributed by atoms with van der Waals surface area (Å²) in [5.74, 6) is 1.18. The molecule has 1 amide bonds. The van der Waals surface area contributed by atoms with E-state index in [-0.39, 0.29) is 5.92 Å². The zero-order valence-corrected chi connectivity index (χ0v) is 13.1. The highest BCUT2D eigenvalue weighted by atomic mass is 16.2. The molecule has 1 fully saturated rings. The maximum Gasteiger partial charge on any atom is 0.225 e. The summed E-state index contributed by atoms with van der Waals surface area (Å²) in [4.78, 5) is 14.8. The van der Waals surface area contributed by atoms with Crippen molar-refractivity contribution in [3.8, 4) is 0 Å². The van der Waals surface area contributed by atoms with Crippen molar-refractivity contribution >= 4 is 5.91 Å². The second-order valence-corrected chi connectivity index (χ2v) is 6.20. The number of nitrogens with zero attached hydrogens (tertiary/aromatic N) is 1. The summed E-state index contributed by atoms with van der Waals surface area (Å²) < 4.78 is 0. The molecule has 2 rings (SSSR count). The van der Waals surface area contributed by atoms with Crippen molar-refractivity contribution in [1.29, 1.82) is 0 Å². The van der Waals surface area contributed by atoms with Gasteiger partial charge in [-0.2, -0.15) is 0 Å². The molecule has 1 aliphatic carbocycles. The maximum absolute atomic E-state index is 12.8. The minimum absolute atomic E-state index is 0.211. The molecular weight excluding hydrogens is 260 g/mol. The van der Waals surface area contributed by atoms with Crippen molar-refractivity contribution in [2.24, 2.45) is 17.6 Å². The first-order valence-corrected chi connectivity index (χ1v) is 8.27. The van der Waals surface area contributed by atoms with Gasteiger partial charge in [0.25, 0.3) is 0 Å². The summed E-state index contributed by atoms with van der Waals surface area (Å²) >= 11 is 0. The van der Waals surface area contributed by atoms with Crippen molar-refractivity contribution in [2.75, 3.05) is 13.1 Å². The topological polar surface area (TPSA) is 46.3 Å². The van der Waals surface area contributed by atoms with Crippen LogP contribution >= 0.6 is 0 Å². The molecule has 1 aromatic rings. The average molecular weight is 288 g/mol. The van der Waals surface area contributed by atoms with E-state index in [1.54, 1.807) is 0 Å². The number of nitrogens with two attached hydrogens (primary N) is 1. The lowest BCUT2D eigenvalue weighted by atomic mass is 9.81. The van der Waals surface area contributed by atoms with Crippen LogP contribution in [0.2, 0.25) is 0 Å². The maximum atomic E-state index is 12.8. The molecule has 2 N–H and O–H groups in total. The Morgan fingerprint density at radius 1 is 1.19 bits per heavy atom. The molecule has 0 heterocycles. The third-order valence-corrected chi connectivity index (χ3v) is 4.55. The van der Waals surface area contributed by atoms with E-state index in [0.29, 0.717) is 11.8 Å². The standard InChI is InChI=1S/C18H28N2O/c1-2-12-20(14-16-6-4-3-5-7-16)18(21)17-10-8-15(13-19)9-11-17/h3-7,15,17H,2,8-14,19H2,1H3. The van der Waals surface area contributed by atoms with Crippen LogP contribution in [0.3, 0.4) is 0 Å². The fraction of sp³-hybridized carbons (Fsp3) is 0.611. The first-order valence-electron chi connectivity index (χ1n) is 8.27. The van der Waals surface area contributed by atoms with Crippen LogP contribution in [0.4, 0.5) is 0 Å². The van der Waals surface area contributed by atoms with Crippen LogP contribution in [0.5, 0.6) is 0 Å². The highest BCUT2D eigenvalue weighted by molar-refractivity contribution is 5.79. The lowest BCUT2D eigenvalue weighted by Crippen LogP contribution is -2.38. The Labute approximate surface area is 128 Å². The highest BCUT2D eigenvalue weighted by Crippen LogP contribution is 2.29. The molecule has 0 radical (unpaired) electrons. The summed E-state index contributed by atoms with van der Waals surface area (Å²) in [6.07, 6.45) is 5.25. The Morgan fingerprint density at radius 3 is 2.43 bits per heavy atom. The predicted molar refractivity (Wildman–Crippen MR) is 86.7 cm³/mol. The van der Waals surface area contributed by atoms with E-state index in [4.69, 9.17) is 5.73 Å². The Bertz CT molecular complexity index is 424. The van der Waals surface area contributed by atoms with Gasteiger partial charge < -0.3 is 10.6 Å². The summed E-state index contributed by atoms with van der Waals surface area (Å²) in [6, 6.07) is 10.3. The van der Waals surface area contributed by atoms with E-state index in [1.165, 1.54) is 5.56 Å². The molecule has 21 heavy (non-hydrogen) atoms. The number of hydrogen-bond donors (Lipinski definition) is 1. The van der Waals surface area contributed by atoms with Crippen LogP contribution in [0, 0.1) is 11.8 Å². The molecule has 0 atom stereocenters. The number of rotatable bonds is 6. The van der Waals surface area contributed by atoms with Gasteiger partial charge in [-0.15, -0.1) is 0 Å². The second-order valence-electron chi connectivity index (χ2n) is 6.20. The molecule has 0 spiro atoms. The summed E-state index contributed by atoms with van der Waals surface area (Å²) in [5.41, 5.74) is 6.96. The zero-order valence-electron chi connectivity index (χ0n) is 13.1. The Hall–Kier alpha value is -1.35. The van der Waals surface area contributed by atoms with E-state index >= 15 is 0 Å². The molecule has 1 aromatic carbocycles. The Kier molecular flexibility index (Phi) is 6.24. The molecule has 3 heteroatoms. The van der Waals surface area contributed by atoms with Crippen LogP contribution in [-0.2, 0) is 11.3 Å². The molecular formula is C18H28N2O. The first-order chi connectivity index (χ1) is 10.2. The van der Waals surface area contributed by atoms with Crippen molar-refractivity contribution in [3.05, 3.63) is 35.9 Å². The quantitative estimate of drug-likeness (QED) is 0.874. The van der Waals surface area contributed by atoms with Crippen LogP contribution < -0.4 is 5.73 Å². The highest BCUT2D eigenvalue weighted by Gasteiger charge is 2.28. The van der Waals surface area contributed by atoms with Gasteiger partial charge in [0.15, 0.2) is 0 Å². The largest absolute Gasteiger partial charge is 0.338 e. The van der Waals surface area contributed by atoms with E-state index in [2.05, 4.69) is 19.1 Å². The fourth-order valence-electron chi connectivity index (χ4n) is 3.24. The number of amides is 1. The van der Waals surface area contributed by atoms with Crippen LogP contribution in [-0.4, -0.2) is 23.9 Å². The minimum atomic E-state index is 0.211. The molecule has 1 aliphatic rings. The minimum Gasteiger partial charge on any atom is -0.338 e.